The minimum atomic E-state index is 0.316. The molecule has 26 heavy (non-hydrogen) atoms. The lowest BCUT2D eigenvalue weighted by Crippen LogP contribution is -2.39. The summed E-state index contributed by atoms with van der Waals surface area (Å²) in [6.45, 7) is 5.23. The van der Waals surface area contributed by atoms with E-state index in [1.165, 1.54) is 0 Å². The highest BCUT2D eigenvalue weighted by Gasteiger charge is 2.17. The Kier molecular flexibility index (Phi) is 6.17. The number of hydrogen-bond acceptors (Lipinski definition) is 4. The molecule has 1 fully saturated rings. The zero-order chi connectivity index (χ0) is 18.4. The summed E-state index contributed by atoms with van der Waals surface area (Å²) in [6, 6.07) is 14.3. The number of nitrogens with zero attached hydrogens (tertiary/aromatic N) is 1. The van der Waals surface area contributed by atoms with Crippen molar-refractivity contribution in [1.82, 2.24) is 4.90 Å². The van der Waals surface area contributed by atoms with Crippen LogP contribution < -0.4 is 11.1 Å². The number of nitrogens with one attached hydrogen (secondary N) is 1. The van der Waals surface area contributed by atoms with Crippen LogP contribution in [0.15, 0.2) is 42.5 Å². The number of anilines is 1. The Balaban J connectivity index is 1.65. The summed E-state index contributed by atoms with van der Waals surface area (Å²) in [6.07, 6.45) is 2.04. The Morgan fingerprint density at radius 3 is 2.65 bits per heavy atom. The second kappa shape index (κ2) is 8.75. The highest BCUT2D eigenvalue weighted by Crippen LogP contribution is 2.26. The molecule has 0 atom stereocenters. The lowest BCUT2D eigenvalue weighted by atomic mass is 10.0. The molecule has 0 aromatic heterocycles. The minimum absolute atomic E-state index is 0.316. The Labute approximate surface area is 156 Å². The molecule has 0 aliphatic carbocycles. The first kappa shape index (κ1) is 18.3. The fourth-order valence-corrected chi connectivity index (χ4v) is 3.25. The minimum Gasteiger partial charge on any atom is -0.507 e. The van der Waals surface area contributed by atoms with Crippen molar-refractivity contribution in [3.8, 4) is 17.6 Å². The standard InChI is InChI=1S/C22H27N3O/c1-17-14-18(6-5-11-24-21-7-3-2-4-8-21)15-19(22(17)26)16-25-12-9-20(23)10-13-25/h2-4,7-8,14-15,20,24,26H,9-13,16,23H2,1H3. The Morgan fingerprint density at radius 2 is 1.92 bits per heavy atom. The molecule has 3 rings (SSSR count). The predicted octanol–water partition coefficient (Wildman–Crippen LogP) is 3.09. The number of rotatable bonds is 4. The van der Waals surface area contributed by atoms with Gasteiger partial charge < -0.3 is 16.2 Å². The molecule has 0 amide bonds. The number of likely N-dealkylation sites (tertiary alicyclic amines) is 1. The van der Waals surface area contributed by atoms with E-state index in [4.69, 9.17) is 5.73 Å². The van der Waals surface area contributed by atoms with E-state index in [1.807, 2.05) is 49.4 Å². The van der Waals surface area contributed by atoms with Crippen molar-refractivity contribution in [3.63, 3.8) is 0 Å². The first-order chi connectivity index (χ1) is 12.6. The second-order valence-electron chi connectivity index (χ2n) is 6.94. The number of hydrogen-bond donors (Lipinski definition) is 3. The number of phenols is 1. The zero-order valence-electron chi connectivity index (χ0n) is 15.3. The van der Waals surface area contributed by atoms with Crippen LogP contribution in [0, 0.1) is 18.8 Å². The topological polar surface area (TPSA) is 61.5 Å². The van der Waals surface area contributed by atoms with Crippen LogP contribution in [0.5, 0.6) is 5.75 Å². The van der Waals surface area contributed by atoms with E-state index in [9.17, 15) is 5.11 Å². The third-order valence-electron chi connectivity index (χ3n) is 4.79. The quantitative estimate of drug-likeness (QED) is 0.743. The molecule has 0 radical (unpaired) electrons. The molecule has 1 aliphatic heterocycles. The zero-order valence-corrected chi connectivity index (χ0v) is 15.3. The van der Waals surface area contributed by atoms with Crippen molar-refractivity contribution in [3.05, 3.63) is 59.2 Å². The maximum atomic E-state index is 10.4. The van der Waals surface area contributed by atoms with Gasteiger partial charge in [-0.2, -0.15) is 0 Å². The molecule has 1 heterocycles. The summed E-state index contributed by atoms with van der Waals surface area (Å²) in [5.41, 5.74) is 9.80. The average molecular weight is 349 g/mol. The lowest BCUT2D eigenvalue weighted by molar-refractivity contribution is 0.203. The Bertz CT molecular complexity index is 784. The number of nitrogens with two attached hydrogens (primary N) is 1. The fourth-order valence-electron chi connectivity index (χ4n) is 3.25. The molecule has 0 spiro atoms. The highest BCUT2D eigenvalue weighted by molar-refractivity contribution is 5.49. The largest absolute Gasteiger partial charge is 0.507 e. The third-order valence-corrected chi connectivity index (χ3v) is 4.79. The molecule has 2 aromatic rings. The Morgan fingerprint density at radius 1 is 1.19 bits per heavy atom. The van der Waals surface area contributed by atoms with Gasteiger partial charge in [-0.05, 0) is 62.7 Å². The molecule has 0 bridgehead atoms. The van der Waals surface area contributed by atoms with Gasteiger partial charge in [0, 0.05) is 29.4 Å². The van der Waals surface area contributed by atoms with Gasteiger partial charge in [0.1, 0.15) is 5.75 Å². The van der Waals surface area contributed by atoms with E-state index in [-0.39, 0.29) is 0 Å². The van der Waals surface area contributed by atoms with Crippen LogP contribution in [0.4, 0.5) is 5.69 Å². The molecule has 4 heteroatoms. The molecule has 2 aromatic carbocycles. The van der Waals surface area contributed by atoms with Crippen molar-refractivity contribution in [2.24, 2.45) is 5.73 Å². The van der Waals surface area contributed by atoms with Crippen LogP contribution in [0.1, 0.15) is 29.5 Å². The average Bonchev–Trinajstić information content (AvgIpc) is 2.65. The molecular weight excluding hydrogens is 322 g/mol. The maximum absolute atomic E-state index is 10.4. The summed E-state index contributed by atoms with van der Waals surface area (Å²) in [4.78, 5) is 2.35. The molecule has 4 nitrogen and oxygen atoms in total. The van der Waals surface area contributed by atoms with Gasteiger partial charge in [-0.25, -0.2) is 0 Å². The number of benzene rings is 2. The van der Waals surface area contributed by atoms with E-state index in [0.717, 1.165) is 54.9 Å². The second-order valence-corrected chi connectivity index (χ2v) is 6.94. The van der Waals surface area contributed by atoms with Gasteiger partial charge in [0.2, 0.25) is 0 Å². The van der Waals surface area contributed by atoms with Gasteiger partial charge >= 0.3 is 0 Å². The molecule has 1 saturated heterocycles. The van der Waals surface area contributed by atoms with Gasteiger partial charge in [-0.1, -0.05) is 30.0 Å². The summed E-state index contributed by atoms with van der Waals surface area (Å²) in [5.74, 6) is 6.75. The maximum Gasteiger partial charge on any atom is 0.123 e. The third kappa shape index (κ3) is 5.01. The summed E-state index contributed by atoms with van der Waals surface area (Å²) in [7, 11) is 0. The normalized spacial score (nSPS) is 15.3. The van der Waals surface area contributed by atoms with Crippen molar-refractivity contribution in [1.29, 1.82) is 0 Å². The molecule has 136 valence electrons. The van der Waals surface area contributed by atoms with Crippen LogP contribution >= 0.6 is 0 Å². The number of phenolic OH excluding ortho intramolecular Hbond substituents is 1. The fraction of sp³-hybridized carbons (Fsp3) is 0.364. The monoisotopic (exact) mass is 349 g/mol. The Hall–Kier alpha value is -2.48. The molecule has 1 aliphatic rings. The van der Waals surface area contributed by atoms with Crippen LogP contribution in [-0.4, -0.2) is 35.7 Å². The van der Waals surface area contributed by atoms with E-state index < -0.39 is 0 Å². The SMILES string of the molecule is Cc1cc(C#CCNc2ccccc2)cc(CN2CCC(N)CC2)c1O. The van der Waals surface area contributed by atoms with Crippen molar-refractivity contribution < 1.29 is 5.11 Å². The van der Waals surface area contributed by atoms with Crippen LogP contribution in [0.3, 0.4) is 0 Å². The first-order valence-electron chi connectivity index (χ1n) is 9.20. The van der Waals surface area contributed by atoms with Crippen LogP contribution in [-0.2, 0) is 6.54 Å². The van der Waals surface area contributed by atoms with Gasteiger partial charge in [0.05, 0.1) is 6.54 Å². The molecule has 0 saturated carbocycles. The smallest absolute Gasteiger partial charge is 0.123 e. The van der Waals surface area contributed by atoms with E-state index >= 15 is 0 Å². The van der Waals surface area contributed by atoms with E-state index in [1.54, 1.807) is 0 Å². The summed E-state index contributed by atoms with van der Waals surface area (Å²) >= 11 is 0. The van der Waals surface area contributed by atoms with Crippen LogP contribution in [0.2, 0.25) is 0 Å². The van der Waals surface area contributed by atoms with Crippen molar-refractivity contribution in [2.45, 2.75) is 32.4 Å². The van der Waals surface area contributed by atoms with Crippen molar-refractivity contribution >= 4 is 5.69 Å². The molecule has 4 N–H and O–H groups in total. The van der Waals surface area contributed by atoms with Gasteiger partial charge in [-0.15, -0.1) is 0 Å². The van der Waals surface area contributed by atoms with E-state index in [0.29, 0.717) is 18.3 Å². The summed E-state index contributed by atoms with van der Waals surface area (Å²) < 4.78 is 0. The first-order valence-corrected chi connectivity index (χ1v) is 9.20. The predicted molar refractivity (Wildman–Crippen MR) is 107 cm³/mol. The van der Waals surface area contributed by atoms with Gasteiger partial charge in [0.25, 0.3) is 0 Å². The highest BCUT2D eigenvalue weighted by atomic mass is 16.3. The molecule has 0 unspecified atom stereocenters. The molecular formula is C22H27N3O. The lowest BCUT2D eigenvalue weighted by Gasteiger charge is -2.30. The van der Waals surface area contributed by atoms with Gasteiger partial charge in [0.15, 0.2) is 0 Å². The van der Waals surface area contributed by atoms with Crippen LogP contribution in [0.25, 0.3) is 0 Å². The number of para-hydroxylation sites is 1. The number of aromatic hydroxyl groups is 1. The number of aryl methyl sites for hydroxylation is 1. The summed E-state index contributed by atoms with van der Waals surface area (Å²) in [5, 5.41) is 13.7. The van der Waals surface area contributed by atoms with Gasteiger partial charge in [-0.3, -0.25) is 4.90 Å². The van der Waals surface area contributed by atoms with E-state index in [2.05, 4.69) is 22.1 Å². The number of piperidine rings is 1. The van der Waals surface area contributed by atoms with Crippen molar-refractivity contribution in [2.75, 3.05) is 25.0 Å².